The smallest absolute Gasteiger partial charge is 0.329 e. The van der Waals surface area contributed by atoms with E-state index in [4.69, 9.17) is 0 Å². The summed E-state index contributed by atoms with van der Waals surface area (Å²) in [6.07, 6.45) is 4.51. The van der Waals surface area contributed by atoms with Crippen molar-refractivity contribution in [2.75, 3.05) is 32.4 Å². The molecule has 8 heteroatoms. The van der Waals surface area contributed by atoms with Gasteiger partial charge in [-0.1, -0.05) is 12.1 Å². The molecule has 0 unspecified atom stereocenters. The van der Waals surface area contributed by atoms with Crippen LogP contribution in [0.5, 0.6) is 0 Å². The van der Waals surface area contributed by atoms with E-state index in [1.54, 1.807) is 36.0 Å². The summed E-state index contributed by atoms with van der Waals surface area (Å²) < 4.78 is 1.02. The Morgan fingerprint density at radius 3 is 2.67 bits per heavy atom. The lowest BCUT2D eigenvalue weighted by atomic mass is 10.2. The number of para-hydroxylation sites is 1. The minimum absolute atomic E-state index is 0.168. The van der Waals surface area contributed by atoms with E-state index >= 15 is 0 Å². The summed E-state index contributed by atoms with van der Waals surface area (Å²) in [4.78, 5) is 44.8. The molecular formula is C19H24N4O3S. The lowest BCUT2D eigenvalue weighted by Gasteiger charge is -2.27. The molecule has 3 heterocycles. The van der Waals surface area contributed by atoms with Gasteiger partial charge in [-0.3, -0.25) is 19.1 Å². The van der Waals surface area contributed by atoms with Gasteiger partial charge in [-0.05, 0) is 44.3 Å². The Kier molecular flexibility index (Phi) is 5.10. The van der Waals surface area contributed by atoms with Crippen LogP contribution in [-0.2, 0) is 11.3 Å². The van der Waals surface area contributed by atoms with Crippen LogP contribution in [0.1, 0.15) is 12.8 Å². The number of likely N-dealkylation sites (tertiary alicyclic amines) is 2. The molecule has 1 aromatic carbocycles. The van der Waals surface area contributed by atoms with Gasteiger partial charge in [0.05, 0.1) is 10.9 Å². The molecule has 2 saturated heterocycles. The molecular weight excluding hydrogens is 364 g/mol. The molecule has 0 bridgehead atoms. The number of fused-ring (bicyclic) bond motifs is 1. The second kappa shape index (κ2) is 7.52. The highest BCUT2D eigenvalue weighted by atomic mass is 32.2. The molecule has 2 atom stereocenters. The van der Waals surface area contributed by atoms with Crippen molar-refractivity contribution in [2.45, 2.75) is 30.7 Å². The summed E-state index contributed by atoms with van der Waals surface area (Å²) in [5, 5.41) is 0.793. The fourth-order valence-corrected chi connectivity index (χ4v) is 5.10. The molecule has 2 aliphatic heterocycles. The molecule has 0 radical (unpaired) electrons. The summed E-state index contributed by atoms with van der Waals surface area (Å²) in [6, 6.07) is 7.22. The molecule has 7 nitrogen and oxygen atoms in total. The van der Waals surface area contributed by atoms with E-state index in [1.165, 1.54) is 12.8 Å². The standard InChI is InChI=1S/C19H24N4O3S/c1-27-16-11-22(10-15(16)21-8-4-5-9-21)17(24)12-23-18(25)13-6-2-3-7-14(13)20-19(23)26/h2-3,6-7,15-16H,4-5,8-12H2,1H3,(H,20,26)/t15-,16-/m0/s1. The Morgan fingerprint density at radius 1 is 1.19 bits per heavy atom. The van der Waals surface area contributed by atoms with Crippen LogP contribution in [0.3, 0.4) is 0 Å². The van der Waals surface area contributed by atoms with Gasteiger partial charge < -0.3 is 9.88 Å². The van der Waals surface area contributed by atoms with Gasteiger partial charge in [0.1, 0.15) is 6.54 Å². The molecule has 0 saturated carbocycles. The van der Waals surface area contributed by atoms with E-state index in [-0.39, 0.29) is 12.5 Å². The molecule has 1 N–H and O–H groups in total. The number of nitrogens with zero attached hydrogens (tertiary/aromatic N) is 3. The summed E-state index contributed by atoms with van der Waals surface area (Å²) in [5.41, 5.74) is -0.461. The first-order valence-corrected chi connectivity index (χ1v) is 10.6. The average molecular weight is 388 g/mol. The maximum atomic E-state index is 12.9. The monoisotopic (exact) mass is 388 g/mol. The van der Waals surface area contributed by atoms with Crippen molar-refractivity contribution in [3.8, 4) is 0 Å². The number of hydrogen-bond acceptors (Lipinski definition) is 5. The average Bonchev–Trinajstić information content (AvgIpc) is 3.34. The first kappa shape index (κ1) is 18.3. The number of rotatable bonds is 4. The Hall–Kier alpha value is -2.06. The van der Waals surface area contributed by atoms with Gasteiger partial charge in [0.15, 0.2) is 0 Å². The Labute approximate surface area is 161 Å². The number of carbonyl (C=O) groups is 1. The van der Waals surface area contributed by atoms with E-state index in [0.717, 1.165) is 17.7 Å². The van der Waals surface area contributed by atoms with Gasteiger partial charge in [-0.15, -0.1) is 0 Å². The highest BCUT2D eigenvalue weighted by molar-refractivity contribution is 7.99. The number of thioether (sulfide) groups is 1. The van der Waals surface area contributed by atoms with Crippen molar-refractivity contribution >= 4 is 28.6 Å². The highest BCUT2D eigenvalue weighted by Crippen LogP contribution is 2.28. The summed E-state index contributed by atoms with van der Waals surface area (Å²) in [5.74, 6) is -0.168. The lowest BCUT2D eigenvalue weighted by Crippen LogP contribution is -2.43. The molecule has 1 aromatic heterocycles. The second-order valence-electron chi connectivity index (χ2n) is 7.25. The van der Waals surface area contributed by atoms with E-state index in [2.05, 4.69) is 16.1 Å². The Morgan fingerprint density at radius 2 is 1.93 bits per heavy atom. The summed E-state index contributed by atoms with van der Waals surface area (Å²) >= 11 is 1.79. The molecule has 27 heavy (non-hydrogen) atoms. The summed E-state index contributed by atoms with van der Waals surface area (Å²) in [7, 11) is 0. The number of benzene rings is 1. The number of aromatic nitrogens is 2. The van der Waals surface area contributed by atoms with Crippen LogP contribution in [-0.4, -0.2) is 69.0 Å². The van der Waals surface area contributed by atoms with Crippen LogP contribution in [0.2, 0.25) is 0 Å². The Balaban J connectivity index is 1.55. The third-order valence-electron chi connectivity index (χ3n) is 5.68. The van der Waals surface area contributed by atoms with E-state index in [9.17, 15) is 14.4 Å². The van der Waals surface area contributed by atoms with E-state index in [1.807, 2.05) is 4.90 Å². The zero-order chi connectivity index (χ0) is 19.0. The molecule has 2 aromatic rings. The van der Waals surface area contributed by atoms with E-state index < -0.39 is 11.2 Å². The van der Waals surface area contributed by atoms with Crippen molar-refractivity contribution in [1.82, 2.24) is 19.4 Å². The minimum Gasteiger partial charge on any atom is -0.338 e. The molecule has 1 amide bonds. The minimum atomic E-state index is -0.538. The molecule has 2 aliphatic rings. The van der Waals surface area contributed by atoms with Crippen molar-refractivity contribution in [1.29, 1.82) is 0 Å². The zero-order valence-electron chi connectivity index (χ0n) is 15.4. The fraction of sp³-hybridized carbons (Fsp3) is 0.526. The summed E-state index contributed by atoms with van der Waals surface area (Å²) in [6.45, 7) is 3.31. The topological polar surface area (TPSA) is 78.4 Å². The van der Waals surface area contributed by atoms with Crippen LogP contribution in [0.25, 0.3) is 10.9 Å². The van der Waals surface area contributed by atoms with Crippen LogP contribution < -0.4 is 11.2 Å². The number of nitrogens with one attached hydrogen (secondary N) is 1. The highest BCUT2D eigenvalue weighted by Gasteiger charge is 2.39. The third-order valence-corrected chi connectivity index (χ3v) is 6.75. The quantitative estimate of drug-likeness (QED) is 0.835. The molecule has 4 rings (SSSR count). The van der Waals surface area contributed by atoms with E-state index in [0.29, 0.717) is 35.3 Å². The van der Waals surface area contributed by atoms with Crippen LogP contribution in [0, 0.1) is 0 Å². The SMILES string of the molecule is CS[C@H]1CN(C(=O)Cn2c(=O)[nH]c3ccccc3c2=O)C[C@@H]1N1CCCC1. The number of hydrogen-bond donors (Lipinski definition) is 1. The number of aromatic amines is 1. The van der Waals surface area contributed by atoms with Gasteiger partial charge >= 0.3 is 5.69 Å². The lowest BCUT2D eigenvalue weighted by molar-refractivity contribution is -0.131. The predicted octanol–water partition coefficient (Wildman–Crippen LogP) is 0.728. The van der Waals surface area contributed by atoms with Gasteiger partial charge in [-0.25, -0.2) is 4.79 Å². The van der Waals surface area contributed by atoms with Gasteiger partial charge in [0.2, 0.25) is 5.91 Å². The van der Waals surface area contributed by atoms with Crippen molar-refractivity contribution < 1.29 is 4.79 Å². The number of H-pyrrole nitrogens is 1. The van der Waals surface area contributed by atoms with Crippen LogP contribution in [0.15, 0.2) is 33.9 Å². The maximum absolute atomic E-state index is 12.9. The first-order chi connectivity index (χ1) is 13.1. The number of amides is 1. The maximum Gasteiger partial charge on any atom is 0.329 e. The fourth-order valence-electron chi connectivity index (χ4n) is 4.19. The largest absolute Gasteiger partial charge is 0.338 e. The zero-order valence-corrected chi connectivity index (χ0v) is 16.2. The Bertz CT molecular complexity index is 963. The first-order valence-electron chi connectivity index (χ1n) is 9.35. The number of carbonyl (C=O) groups excluding carboxylic acids is 1. The molecule has 0 spiro atoms. The van der Waals surface area contributed by atoms with Crippen LogP contribution in [0.4, 0.5) is 0 Å². The van der Waals surface area contributed by atoms with Crippen LogP contribution >= 0.6 is 11.8 Å². The van der Waals surface area contributed by atoms with Crippen molar-refractivity contribution in [3.05, 3.63) is 45.1 Å². The normalized spacial score (nSPS) is 23.4. The van der Waals surface area contributed by atoms with Gasteiger partial charge in [0.25, 0.3) is 5.56 Å². The molecule has 0 aliphatic carbocycles. The molecule has 2 fully saturated rings. The third kappa shape index (κ3) is 3.43. The second-order valence-corrected chi connectivity index (χ2v) is 8.33. The van der Waals surface area contributed by atoms with Crippen molar-refractivity contribution in [2.24, 2.45) is 0 Å². The molecule has 144 valence electrons. The van der Waals surface area contributed by atoms with Gasteiger partial charge in [-0.2, -0.15) is 11.8 Å². The predicted molar refractivity (Wildman–Crippen MR) is 107 cm³/mol. The van der Waals surface area contributed by atoms with Crippen molar-refractivity contribution in [3.63, 3.8) is 0 Å². The van der Waals surface area contributed by atoms with Gasteiger partial charge in [0, 0.05) is 24.4 Å².